The Morgan fingerprint density at radius 2 is 1.47 bits per heavy atom. The first-order valence-corrected chi connectivity index (χ1v) is 16.8. The van der Waals surface area contributed by atoms with Gasteiger partial charge in [-0.1, -0.05) is 41.5 Å². The van der Waals surface area contributed by atoms with Gasteiger partial charge in [0.2, 0.25) is 17.7 Å². The van der Waals surface area contributed by atoms with E-state index in [2.05, 4.69) is 33.0 Å². The highest BCUT2D eigenvalue weighted by molar-refractivity contribution is 5.95. The van der Waals surface area contributed by atoms with Crippen LogP contribution in [0.5, 0.6) is 0 Å². The summed E-state index contributed by atoms with van der Waals surface area (Å²) in [6, 6.07) is -1.37. The van der Waals surface area contributed by atoms with Gasteiger partial charge in [-0.25, -0.2) is 0 Å². The third-order valence-electron chi connectivity index (χ3n) is 8.65. The number of rotatable bonds is 19. The molecule has 3 atom stereocenters. The van der Waals surface area contributed by atoms with Crippen LogP contribution in [0.1, 0.15) is 128 Å². The number of amides is 3. The zero-order chi connectivity index (χ0) is 33.1. The zero-order valence-electron chi connectivity index (χ0n) is 29.5. The molecule has 1 aliphatic heterocycles. The van der Waals surface area contributed by atoms with Gasteiger partial charge < -0.3 is 24.8 Å². The predicted molar refractivity (Wildman–Crippen MR) is 174 cm³/mol. The van der Waals surface area contributed by atoms with E-state index in [-0.39, 0.29) is 35.0 Å². The smallest absolute Gasteiger partial charge is 0.246 e. The summed E-state index contributed by atoms with van der Waals surface area (Å²) in [6.45, 7) is 25.8. The largest absolute Gasteiger partial charge is 0.375 e. The van der Waals surface area contributed by atoms with E-state index in [0.29, 0.717) is 64.4 Å². The molecule has 0 saturated carbocycles. The summed E-state index contributed by atoms with van der Waals surface area (Å²) in [5, 5.41) is 3.55. The molecule has 43 heavy (non-hydrogen) atoms. The van der Waals surface area contributed by atoms with Crippen LogP contribution in [-0.4, -0.2) is 99.8 Å². The lowest BCUT2D eigenvalue weighted by Crippen LogP contribution is -2.58. The monoisotopic (exact) mass is 608 g/mol. The Labute approximate surface area is 262 Å². The van der Waals surface area contributed by atoms with E-state index in [1.165, 1.54) is 0 Å². The molecule has 250 valence electrons. The number of nitrogens with zero attached hydrogens (tertiary/aromatic N) is 3. The van der Waals surface area contributed by atoms with Crippen molar-refractivity contribution in [2.75, 3.05) is 26.2 Å². The highest BCUT2D eigenvalue weighted by atomic mass is 16.5. The maximum atomic E-state index is 14.0. The molecule has 3 amide bonds. The second kappa shape index (κ2) is 17.5. The summed E-state index contributed by atoms with van der Waals surface area (Å²) in [5.74, 6) is -0.561. The van der Waals surface area contributed by atoms with Crippen molar-refractivity contribution in [2.45, 2.75) is 163 Å². The second-order valence-electron chi connectivity index (χ2n) is 13.9. The van der Waals surface area contributed by atoms with E-state index in [9.17, 15) is 19.2 Å². The maximum Gasteiger partial charge on any atom is 0.246 e. The van der Waals surface area contributed by atoms with Crippen molar-refractivity contribution in [3.8, 4) is 0 Å². The highest BCUT2D eigenvalue weighted by Gasteiger charge is 2.41. The lowest BCUT2D eigenvalue weighted by Gasteiger charge is -2.39. The third kappa shape index (κ3) is 11.5. The molecule has 1 heterocycles. The molecule has 3 unspecified atom stereocenters. The molecule has 1 N–H and O–H groups in total. The van der Waals surface area contributed by atoms with Crippen LogP contribution in [0.15, 0.2) is 0 Å². The van der Waals surface area contributed by atoms with Gasteiger partial charge in [0, 0.05) is 50.2 Å². The molecule has 9 heteroatoms. The van der Waals surface area contributed by atoms with Crippen molar-refractivity contribution >= 4 is 23.5 Å². The number of carbonyl (C=O) groups excluding carboxylic acids is 4. The fourth-order valence-corrected chi connectivity index (χ4v) is 6.31. The Bertz CT molecular complexity index is 916. The molecular formula is C34H64N4O5. The quantitative estimate of drug-likeness (QED) is 0.217. The van der Waals surface area contributed by atoms with Gasteiger partial charge in [-0.05, 0) is 80.1 Å². The Hall–Kier alpha value is -2.00. The minimum absolute atomic E-state index is 0.0392. The van der Waals surface area contributed by atoms with Gasteiger partial charge in [0.1, 0.15) is 12.1 Å². The number of hydrogen-bond donors (Lipinski definition) is 1. The average molecular weight is 609 g/mol. The molecule has 0 spiro atoms. The minimum atomic E-state index is -0.675. The summed E-state index contributed by atoms with van der Waals surface area (Å²) in [5.41, 5.74) is -0.507. The average Bonchev–Trinajstić information content (AvgIpc) is 3.41. The lowest BCUT2D eigenvalue weighted by molar-refractivity contribution is -0.153. The molecule has 9 nitrogen and oxygen atoms in total. The van der Waals surface area contributed by atoms with Crippen LogP contribution in [0, 0.1) is 5.92 Å². The number of Topliss-reactive ketones (excluding diaryl/α,β-unsaturated/α-hetero) is 1. The van der Waals surface area contributed by atoms with Gasteiger partial charge in [0.15, 0.2) is 5.78 Å². The van der Waals surface area contributed by atoms with Crippen LogP contribution in [0.2, 0.25) is 0 Å². The van der Waals surface area contributed by atoms with E-state index < -0.39 is 23.7 Å². The van der Waals surface area contributed by atoms with E-state index in [0.717, 1.165) is 12.8 Å². The third-order valence-corrected chi connectivity index (χ3v) is 8.65. The van der Waals surface area contributed by atoms with E-state index in [4.69, 9.17) is 4.74 Å². The number of ether oxygens (including phenoxy) is 1. The molecule has 0 bridgehead atoms. The van der Waals surface area contributed by atoms with E-state index >= 15 is 0 Å². The molecule has 0 radical (unpaired) electrons. The molecular weight excluding hydrogens is 544 g/mol. The zero-order valence-corrected chi connectivity index (χ0v) is 29.5. The van der Waals surface area contributed by atoms with Crippen LogP contribution in [-0.2, 0) is 23.9 Å². The lowest BCUT2D eigenvalue weighted by atomic mass is 9.97. The van der Waals surface area contributed by atoms with Crippen LogP contribution >= 0.6 is 0 Å². The SMILES string of the molecule is CCC(C(=O)C(C)C)N(CC)C(=O)C(CC)N(CC)C(=O)C1CCCN1C(=O)CCC(C)(C)OCCC(C)(C)NC(C)C. The van der Waals surface area contributed by atoms with Gasteiger partial charge in [0.05, 0.1) is 11.6 Å². The number of carbonyl (C=O) groups is 4. The fourth-order valence-electron chi connectivity index (χ4n) is 6.31. The fraction of sp³-hybridized carbons (Fsp3) is 0.882. The number of ketones is 1. The maximum absolute atomic E-state index is 14.0. The van der Waals surface area contributed by atoms with Gasteiger partial charge in [-0.3, -0.25) is 19.2 Å². The first kappa shape index (κ1) is 39.0. The van der Waals surface area contributed by atoms with Crippen LogP contribution in [0.25, 0.3) is 0 Å². The normalized spacial score (nSPS) is 17.3. The Balaban J connectivity index is 2.95. The highest BCUT2D eigenvalue weighted by Crippen LogP contribution is 2.26. The van der Waals surface area contributed by atoms with Gasteiger partial charge in [-0.2, -0.15) is 0 Å². The Kier molecular flexibility index (Phi) is 15.9. The van der Waals surface area contributed by atoms with E-state index in [1.54, 1.807) is 14.7 Å². The molecule has 0 aromatic carbocycles. The summed E-state index contributed by atoms with van der Waals surface area (Å²) >= 11 is 0. The van der Waals surface area contributed by atoms with Crippen LogP contribution in [0.3, 0.4) is 0 Å². The van der Waals surface area contributed by atoms with Crippen molar-refractivity contribution in [3.63, 3.8) is 0 Å². The molecule has 1 saturated heterocycles. The summed E-state index contributed by atoms with van der Waals surface area (Å²) < 4.78 is 6.20. The van der Waals surface area contributed by atoms with Gasteiger partial charge in [0.25, 0.3) is 0 Å². The standard InChI is InChI=1S/C34H64N4O5/c1-13-26(30(40)24(5)6)36(15-3)31(41)27(14-2)37(16-4)32(42)28-18-17-22-38(28)29(39)19-20-34(11,12)43-23-21-33(9,10)35-25(7)8/h24-28,35H,13-23H2,1-12H3. The Morgan fingerprint density at radius 1 is 0.884 bits per heavy atom. The van der Waals surface area contributed by atoms with Gasteiger partial charge >= 0.3 is 0 Å². The Morgan fingerprint density at radius 3 is 1.95 bits per heavy atom. The summed E-state index contributed by atoms with van der Waals surface area (Å²) in [7, 11) is 0. The molecule has 1 rings (SSSR count). The predicted octanol–water partition coefficient (Wildman–Crippen LogP) is 5.20. The van der Waals surface area contributed by atoms with Crippen LogP contribution in [0.4, 0.5) is 0 Å². The topological polar surface area (TPSA) is 99.3 Å². The minimum Gasteiger partial charge on any atom is -0.375 e. The first-order valence-electron chi connectivity index (χ1n) is 16.8. The van der Waals surface area contributed by atoms with Gasteiger partial charge in [-0.15, -0.1) is 0 Å². The first-order chi connectivity index (χ1) is 20.0. The number of nitrogens with one attached hydrogen (secondary N) is 1. The molecule has 0 aromatic heterocycles. The summed E-state index contributed by atoms with van der Waals surface area (Å²) in [4.78, 5) is 59.2. The van der Waals surface area contributed by atoms with Crippen molar-refractivity contribution in [2.24, 2.45) is 5.92 Å². The molecule has 0 aromatic rings. The number of likely N-dealkylation sites (tertiary alicyclic amines) is 1. The van der Waals surface area contributed by atoms with Crippen molar-refractivity contribution in [1.82, 2.24) is 20.0 Å². The molecule has 1 aliphatic rings. The molecule has 0 aliphatic carbocycles. The summed E-state index contributed by atoms with van der Waals surface area (Å²) in [6.07, 6.45) is 4.03. The number of hydrogen-bond acceptors (Lipinski definition) is 6. The van der Waals surface area contributed by atoms with Crippen molar-refractivity contribution in [3.05, 3.63) is 0 Å². The molecule has 1 fully saturated rings. The van der Waals surface area contributed by atoms with Crippen molar-refractivity contribution in [1.29, 1.82) is 0 Å². The van der Waals surface area contributed by atoms with Crippen LogP contribution < -0.4 is 5.32 Å². The van der Waals surface area contributed by atoms with E-state index in [1.807, 2.05) is 55.4 Å². The number of likely N-dealkylation sites (N-methyl/N-ethyl adjacent to an activating group) is 2. The van der Waals surface area contributed by atoms with Crippen molar-refractivity contribution < 1.29 is 23.9 Å². The second-order valence-corrected chi connectivity index (χ2v) is 13.9.